The van der Waals surface area contributed by atoms with Crippen molar-refractivity contribution in [3.8, 4) is 0 Å². The van der Waals surface area contributed by atoms with E-state index in [1.807, 2.05) is 121 Å². The molecule has 0 atom stereocenters. The van der Waals surface area contributed by atoms with Crippen LogP contribution in [-0.2, 0) is 43.0 Å². The third kappa shape index (κ3) is 10.6. The normalized spacial score (nSPS) is 9.73. The summed E-state index contributed by atoms with van der Waals surface area (Å²) in [5.74, 6) is 0. The van der Waals surface area contributed by atoms with E-state index >= 15 is 0 Å². The van der Waals surface area contributed by atoms with Crippen LogP contribution in [0.4, 0.5) is 9.59 Å². The van der Waals surface area contributed by atoms with E-state index in [1.165, 1.54) is 9.80 Å². The van der Waals surface area contributed by atoms with E-state index in [4.69, 9.17) is 0 Å². The van der Waals surface area contributed by atoms with Crippen LogP contribution in [0.2, 0.25) is 0 Å². The second kappa shape index (κ2) is 15.8. The van der Waals surface area contributed by atoms with Gasteiger partial charge in [-0.25, -0.2) is 0 Å². The predicted molar refractivity (Wildman–Crippen MR) is 135 cm³/mol. The molecule has 0 N–H and O–H groups in total. The fourth-order valence-corrected chi connectivity index (χ4v) is 3.59. The Balaban J connectivity index is 0.000000253. The number of carbonyl (C=O) groups is 2. The summed E-state index contributed by atoms with van der Waals surface area (Å²) in [5.41, 5.74) is 3.82. The number of rotatable bonds is 8. The van der Waals surface area contributed by atoms with Gasteiger partial charge in [-0.15, -0.1) is 0 Å². The first-order valence-electron chi connectivity index (χ1n) is 11.6. The second-order valence-electron chi connectivity index (χ2n) is 8.19. The Morgan fingerprint density at radius 3 is 0.784 bits per heavy atom. The molecule has 0 spiro atoms. The number of carbonyl (C=O) groups excluding carboxylic acids is 2. The molecule has 7 heteroatoms. The van der Waals surface area contributed by atoms with Gasteiger partial charge in [0.1, 0.15) is 12.2 Å². The second-order valence-corrected chi connectivity index (χ2v) is 8.19. The fourth-order valence-electron chi connectivity index (χ4n) is 3.59. The molecule has 0 aliphatic carbocycles. The molecule has 2 amide bonds. The molecule has 0 saturated heterocycles. The predicted octanol–water partition coefficient (Wildman–Crippen LogP) is 4.06. The average molecular weight is 539 g/mol. The number of nitrogens with zero attached hydrogens (tertiary/aromatic N) is 2. The third-order valence-electron chi connectivity index (χ3n) is 5.38. The summed E-state index contributed by atoms with van der Waals surface area (Å²) in [6.07, 6.45) is -2.30. The zero-order valence-corrected chi connectivity index (χ0v) is 21.3. The number of benzene rings is 4. The summed E-state index contributed by atoms with van der Waals surface area (Å²) in [7, 11) is 0. The SMILES string of the molecule is O=C([O-])N(Cc1ccccc1)Cc1ccccc1.O=C([O-])N(Cc1ccccc1)Cc1ccccc1.[Co+2]. The van der Waals surface area contributed by atoms with Gasteiger partial charge in [0.15, 0.2) is 0 Å². The standard InChI is InChI=1S/2C15H15NO2.Co/c2*17-15(18)16(11-13-7-3-1-4-8-13)12-14-9-5-2-6-10-14;/h2*1-10H,11-12H2,(H,17,18);/q;;+2/p-2. The van der Waals surface area contributed by atoms with E-state index < -0.39 is 12.2 Å². The zero-order valence-electron chi connectivity index (χ0n) is 20.2. The smallest absolute Gasteiger partial charge is 0.530 e. The summed E-state index contributed by atoms with van der Waals surface area (Å²) in [5, 5.41) is 22.2. The summed E-state index contributed by atoms with van der Waals surface area (Å²) < 4.78 is 0. The Morgan fingerprint density at radius 1 is 0.432 bits per heavy atom. The van der Waals surface area contributed by atoms with E-state index in [0.29, 0.717) is 26.2 Å². The molecule has 4 aromatic rings. The van der Waals surface area contributed by atoms with Gasteiger partial charge in [0.05, 0.1) is 0 Å². The van der Waals surface area contributed by atoms with Crippen molar-refractivity contribution in [3.05, 3.63) is 144 Å². The van der Waals surface area contributed by atoms with Crippen molar-refractivity contribution < 1.29 is 36.6 Å². The Morgan fingerprint density at radius 2 is 0.622 bits per heavy atom. The maximum Gasteiger partial charge on any atom is 2.00 e. The molecule has 0 fully saturated rings. The molecule has 4 rings (SSSR count). The topological polar surface area (TPSA) is 86.7 Å². The summed E-state index contributed by atoms with van der Waals surface area (Å²) in [6.45, 7) is 1.38. The zero-order chi connectivity index (χ0) is 25.6. The molecule has 0 bridgehead atoms. The van der Waals surface area contributed by atoms with E-state index in [-0.39, 0.29) is 16.8 Å². The number of hydrogen-bond acceptors (Lipinski definition) is 4. The van der Waals surface area contributed by atoms with Gasteiger partial charge in [0.2, 0.25) is 0 Å². The third-order valence-corrected chi connectivity index (χ3v) is 5.38. The van der Waals surface area contributed by atoms with Gasteiger partial charge in [-0.1, -0.05) is 121 Å². The van der Waals surface area contributed by atoms with E-state index in [2.05, 4.69) is 0 Å². The molecule has 0 heterocycles. The minimum absolute atomic E-state index is 0. The monoisotopic (exact) mass is 539 g/mol. The molecule has 0 aliphatic heterocycles. The molecular formula is C30H28CoN2O4. The fraction of sp³-hybridized carbons (Fsp3) is 0.133. The van der Waals surface area contributed by atoms with Gasteiger partial charge in [-0.2, -0.15) is 0 Å². The van der Waals surface area contributed by atoms with E-state index in [1.54, 1.807) is 0 Å². The van der Waals surface area contributed by atoms with Crippen LogP contribution < -0.4 is 10.2 Å². The van der Waals surface area contributed by atoms with Crippen LogP contribution in [0.1, 0.15) is 22.3 Å². The van der Waals surface area contributed by atoms with Crippen molar-refractivity contribution in [2.75, 3.05) is 0 Å². The van der Waals surface area contributed by atoms with Crippen molar-refractivity contribution in [1.29, 1.82) is 0 Å². The van der Waals surface area contributed by atoms with Crippen LogP contribution in [-0.4, -0.2) is 22.0 Å². The summed E-state index contributed by atoms with van der Waals surface area (Å²) >= 11 is 0. The number of hydrogen-bond donors (Lipinski definition) is 0. The molecule has 6 nitrogen and oxygen atoms in total. The largest absolute Gasteiger partial charge is 2.00 e. The van der Waals surface area contributed by atoms with Crippen molar-refractivity contribution in [3.63, 3.8) is 0 Å². The van der Waals surface area contributed by atoms with Gasteiger partial charge in [-0.05, 0) is 22.3 Å². The maximum absolute atomic E-state index is 11.1. The maximum atomic E-state index is 11.1. The Hall–Kier alpha value is -4.07. The minimum Gasteiger partial charge on any atom is -0.530 e. The summed E-state index contributed by atoms with van der Waals surface area (Å²) in [4.78, 5) is 24.8. The first-order valence-corrected chi connectivity index (χ1v) is 11.6. The average Bonchev–Trinajstić information content (AvgIpc) is 2.91. The van der Waals surface area contributed by atoms with Gasteiger partial charge in [-0.3, -0.25) is 0 Å². The first-order chi connectivity index (χ1) is 17.5. The van der Waals surface area contributed by atoms with Crippen LogP contribution >= 0.6 is 0 Å². The Bertz CT molecular complexity index is 1010. The van der Waals surface area contributed by atoms with Gasteiger partial charge < -0.3 is 29.6 Å². The van der Waals surface area contributed by atoms with Gasteiger partial charge >= 0.3 is 16.8 Å². The molecule has 191 valence electrons. The van der Waals surface area contributed by atoms with Crippen LogP contribution in [0, 0.1) is 0 Å². The molecule has 0 aromatic heterocycles. The van der Waals surface area contributed by atoms with Crippen molar-refractivity contribution in [2.45, 2.75) is 26.2 Å². The van der Waals surface area contributed by atoms with Crippen LogP contribution in [0.25, 0.3) is 0 Å². The van der Waals surface area contributed by atoms with Crippen molar-refractivity contribution >= 4 is 12.2 Å². The summed E-state index contributed by atoms with van der Waals surface area (Å²) in [6, 6.07) is 38.0. The van der Waals surface area contributed by atoms with E-state index in [0.717, 1.165) is 22.3 Å². The van der Waals surface area contributed by atoms with Crippen molar-refractivity contribution in [2.24, 2.45) is 0 Å². The Labute approximate surface area is 228 Å². The molecule has 0 unspecified atom stereocenters. The number of amides is 2. The van der Waals surface area contributed by atoms with Crippen LogP contribution in [0.15, 0.2) is 121 Å². The van der Waals surface area contributed by atoms with Crippen LogP contribution in [0.5, 0.6) is 0 Å². The van der Waals surface area contributed by atoms with E-state index in [9.17, 15) is 19.8 Å². The molecule has 1 radical (unpaired) electrons. The quantitative estimate of drug-likeness (QED) is 0.338. The molecule has 0 saturated carbocycles. The molecule has 4 aromatic carbocycles. The van der Waals surface area contributed by atoms with Gasteiger partial charge in [0, 0.05) is 26.2 Å². The van der Waals surface area contributed by atoms with Gasteiger partial charge in [0.25, 0.3) is 0 Å². The first kappa shape index (κ1) is 29.2. The Kier molecular flexibility index (Phi) is 12.5. The van der Waals surface area contributed by atoms with Crippen molar-refractivity contribution in [1.82, 2.24) is 9.80 Å². The number of carboxylic acid groups (broad SMARTS) is 2. The van der Waals surface area contributed by atoms with Crippen LogP contribution in [0.3, 0.4) is 0 Å². The molecular weight excluding hydrogens is 511 g/mol. The molecule has 37 heavy (non-hydrogen) atoms. The minimum atomic E-state index is -1.15. The molecule has 0 aliphatic rings.